The van der Waals surface area contributed by atoms with Crippen molar-refractivity contribution in [3.8, 4) is 5.75 Å². The van der Waals surface area contributed by atoms with Crippen LogP contribution in [0.4, 0.5) is 0 Å². The van der Waals surface area contributed by atoms with E-state index in [-0.39, 0.29) is 18.4 Å². The first-order chi connectivity index (χ1) is 14.0. The molecule has 0 aromatic heterocycles. The van der Waals surface area contributed by atoms with Crippen LogP contribution in [0.1, 0.15) is 27.5 Å². The molecule has 0 aliphatic rings. The standard InChI is InChI=1S/C24H24N2O3/c1-4-23(27)26-21(20-7-5-6-8-22(20)29-3)15-25-24(28)19-12-11-17-13-16(2)9-10-18(17)14-19/h4-14,21H,1,15H2,2-3H3,(H,25,28)(H,26,27). The lowest BCUT2D eigenvalue weighted by Gasteiger charge is -2.21. The zero-order valence-corrected chi connectivity index (χ0v) is 16.6. The molecule has 0 fully saturated rings. The zero-order valence-electron chi connectivity index (χ0n) is 16.6. The fraction of sp³-hybridized carbons (Fsp3) is 0.167. The maximum Gasteiger partial charge on any atom is 0.251 e. The largest absolute Gasteiger partial charge is 0.496 e. The maximum absolute atomic E-state index is 12.7. The molecular formula is C24H24N2O3. The van der Waals surface area contributed by atoms with Crippen LogP contribution in [0, 0.1) is 6.92 Å². The Kier molecular flexibility index (Phi) is 6.29. The van der Waals surface area contributed by atoms with Gasteiger partial charge in [0.2, 0.25) is 5.91 Å². The Morgan fingerprint density at radius 1 is 1.07 bits per heavy atom. The van der Waals surface area contributed by atoms with Crippen molar-refractivity contribution in [3.05, 3.63) is 90.0 Å². The number of hydrogen-bond donors (Lipinski definition) is 2. The predicted octanol–water partition coefficient (Wildman–Crippen LogP) is 3.93. The second-order valence-corrected chi connectivity index (χ2v) is 6.78. The molecule has 1 unspecified atom stereocenters. The van der Waals surface area contributed by atoms with Crippen LogP contribution in [-0.4, -0.2) is 25.5 Å². The molecule has 0 radical (unpaired) electrons. The summed E-state index contributed by atoms with van der Waals surface area (Å²) in [5.41, 5.74) is 2.52. The molecule has 148 valence electrons. The third-order valence-electron chi connectivity index (χ3n) is 4.74. The second-order valence-electron chi connectivity index (χ2n) is 6.78. The lowest BCUT2D eigenvalue weighted by molar-refractivity contribution is -0.117. The van der Waals surface area contributed by atoms with Gasteiger partial charge in [0.25, 0.3) is 5.91 Å². The van der Waals surface area contributed by atoms with E-state index in [4.69, 9.17) is 4.74 Å². The molecule has 0 heterocycles. The molecule has 2 amide bonds. The summed E-state index contributed by atoms with van der Waals surface area (Å²) in [6, 6.07) is 18.6. The van der Waals surface area contributed by atoms with Gasteiger partial charge in [-0.2, -0.15) is 0 Å². The van der Waals surface area contributed by atoms with Crippen LogP contribution in [0.25, 0.3) is 10.8 Å². The van der Waals surface area contributed by atoms with Crippen molar-refractivity contribution in [2.45, 2.75) is 13.0 Å². The van der Waals surface area contributed by atoms with Crippen molar-refractivity contribution in [1.29, 1.82) is 0 Å². The number of hydrogen-bond acceptors (Lipinski definition) is 3. The number of methoxy groups -OCH3 is 1. The van der Waals surface area contributed by atoms with Crippen molar-refractivity contribution in [3.63, 3.8) is 0 Å². The monoisotopic (exact) mass is 388 g/mol. The van der Waals surface area contributed by atoms with Crippen LogP contribution < -0.4 is 15.4 Å². The van der Waals surface area contributed by atoms with Crippen LogP contribution >= 0.6 is 0 Å². The van der Waals surface area contributed by atoms with Crippen molar-refractivity contribution in [2.75, 3.05) is 13.7 Å². The second kappa shape index (κ2) is 9.06. The number of rotatable bonds is 7. The first-order valence-electron chi connectivity index (χ1n) is 9.36. The molecule has 0 spiro atoms. The van der Waals surface area contributed by atoms with E-state index < -0.39 is 6.04 Å². The Labute approximate surface area is 170 Å². The number of carbonyl (C=O) groups excluding carboxylic acids is 2. The molecule has 3 aromatic carbocycles. The number of carbonyl (C=O) groups is 2. The van der Waals surface area contributed by atoms with E-state index in [1.165, 1.54) is 11.6 Å². The van der Waals surface area contributed by atoms with Gasteiger partial charge in [-0.25, -0.2) is 0 Å². The highest BCUT2D eigenvalue weighted by molar-refractivity contribution is 5.98. The van der Waals surface area contributed by atoms with E-state index in [1.54, 1.807) is 13.2 Å². The summed E-state index contributed by atoms with van der Waals surface area (Å²) in [5, 5.41) is 7.85. The molecule has 0 saturated heterocycles. The van der Waals surface area contributed by atoms with Gasteiger partial charge in [0.05, 0.1) is 13.2 Å². The van der Waals surface area contributed by atoms with Gasteiger partial charge in [-0.15, -0.1) is 0 Å². The van der Waals surface area contributed by atoms with Gasteiger partial charge in [0.15, 0.2) is 0 Å². The summed E-state index contributed by atoms with van der Waals surface area (Å²) in [5.74, 6) is 0.105. The number of ether oxygens (including phenoxy) is 1. The van der Waals surface area contributed by atoms with Crippen LogP contribution in [-0.2, 0) is 4.79 Å². The summed E-state index contributed by atoms with van der Waals surface area (Å²) in [4.78, 5) is 24.6. The first-order valence-corrected chi connectivity index (χ1v) is 9.36. The Hall–Kier alpha value is -3.60. The smallest absolute Gasteiger partial charge is 0.251 e. The Morgan fingerprint density at radius 2 is 1.79 bits per heavy atom. The number of para-hydroxylation sites is 1. The van der Waals surface area contributed by atoms with E-state index in [2.05, 4.69) is 23.3 Å². The number of fused-ring (bicyclic) bond motifs is 1. The first kappa shape index (κ1) is 20.1. The molecule has 1 atom stereocenters. The minimum Gasteiger partial charge on any atom is -0.496 e. The molecule has 3 rings (SSSR count). The fourth-order valence-corrected chi connectivity index (χ4v) is 3.23. The Morgan fingerprint density at radius 3 is 2.55 bits per heavy atom. The van der Waals surface area contributed by atoms with Gasteiger partial charge in [-0.3, -0.25) is 9.59 Å². The molecule has 0 saturated carbocycles. The predicted molar refractivity (Wildman–Crippen MR) is 115 cm³/mol. The average molecular weight is 388 g/mol. The molecule has 5 heteroatoms. The molecule has 29 heavy (non-hydrogen) atoms. The highest BCUT2D eigenvalue weighted by Gasteiger charge is 2.19. The highest BCUT2D eigenvalue weighted by Crippen LogP contribution is 2.24. The topological polar surface area (TPSA) is 67.4 Å². The summed E-state index contributed by atoms with van der Waals surface area (Å²) >= 11 is 0. The molecule has 2 N–H and O–H groups in total. The third kappa shape index (κ3) is 4.82. The summed E-state index contributed by atoms with van der Waals surface area (Å²) in [6.45, 7) is 5.75. The van der Waals surface area contributed by atoms with Gasteiger partial charge in [-0.1, -0.05) is 54.6 Å². The summed E-state index contributed by atoms with van der Waals surface area (Å²) in [6.07, 6.45) is 1.20. The van der Waals surface area contributed by atoms with Gasteiger partial charge in [-0.05, 0) is 42.0 Å². The summed E-state index contributed by atoms with van der Waals surface area (Å²) in [7, 11) is 1.57. The Bertz CT molecular complexity index is 1060. The van der Waals surface area contributed by atoms with Crippen LogP contribution in [0.5, 0.6) is 5.75 Å². The minimum absolute atomic E-state index is 0.208. The number of benzene rings is 3. The quantitative estimate of drug-likeness (QED) is 0.603. The number of nitrogens with one attached hydrogen (secondary N) is 2. The van der Waals surface area contributed by atoms with Crippen molar-refractivity contribution in [1.82, 2.24) is 10.6 Å². The lowest BCUT2D eigenvalue weighted by atomic mass is 10.0. The minimum atomic E-state index is -0.455. The van der Waals surface area contributed by atoms with E-state index in [9.17, 15) is 9.59 Å². The summed E-state index contributed by atoms with van der Waals surface area (Å²) < 4.78 is 5.40. The normalized spacial score (nSPS) is 11.5. The van der Waals surface area contributed by atoms with E-state index >= 15 is 0 Å². The van der Waals surface area contributed by atoms with E-state index in [1.807, 2.05) is 55.5 Å². The molecule has 0 aliphatic heterocycles. The van der Waals surface area contributed by atoms with Crippen molar-refractivity contribution in [2.24, 2.45) is 0 Å². The van der Waals surface area contributed by atoms with Gasteiger partial charge in [0.1, 0.15) is 5.75 Å². The van der Waals surface area contributed by atoms with Crippen molar-refractivity contribution >= 4 is 22.6 Å². The zero-order chi connectivity index (χ0) is 20.8. The van der Waals surface area contributed by atoms with Crippen LogP contribution in [0.3, 0.4) is 0 Å². The number of amides is 2. The molecule has 3 aromatic rings. The number of aryl methyl sites for hydroxylation is 1. The van der Waals surface area contributed by atoms with Crippen LogP contribution in [0.2, 0.25) is 0 Å². The van der Waals surface area contributed by atoms with Gasteiger partial charge >= 0.3 is 0 Å². The lowest BCUT2D eigenvalue weighted by Crippen LogP contribution is -2.37. The molecular weight excluding hydrogens is 364 g/mol. The average Bonchev–Trinajstić information content (AvgIpc) is 2.75. The van der Waals surface area contributed by atoms with Crippen LogP contribution in [0.15, 0.2) is 73.3 Å². The SMILES string of the molecule is C=CC(=O)NC(CNC(=O)c1ccc2cc(C)ccc2c1)c1ccccc1OC. The molecule has 5 nitrogen and oxygen atoms in total. The van der Waals surface area contributed by atoms with Gasteiger partial charge in [0, 0.05) is 17.7 Å². The highest BCUT2D eigenvalue weighted by atomic mass is 16.5. The van der Waals surface area contributed by atoms with E-state index in [0.717, 1.165) is 16.3 Å². The Balaban J connectivity index is 1.79. The van der Waals surface area contributed by atoms with Crippen molar-refractivity contribution < 1.29 is 14.3 Å². The maximum atomic E-state index is 12.7. The third-order valence-corrected chi connectivity index (χ3v) is 4.74. The molecule has 0 bridgehead atoms. The fourth-order valence-electron chi connectivity index (χ4n) is 3.23. The van der Waals surface area contributed by atoms with Gasteiger partial charge < -0.3 is 15.4 Å². The van der Waals surface area contributed by atoms with E-state index in [0.29, 0.717) is 11.3 Å². The molecule has 0 aliphatic carbocycles.